The van der Waals surface area contributed by atoms with Gasteiger partial charge < -0.3 is 15.5 Å². The number of nitrogens with one attached hydrogen (secondary N) is 1. The van der Waals surface area contributed by atoms with Gasteiger partial charge in [0.15, 0.2) is 0 Å². The Morgan fingerprint density at radius 2 is 2.05 bits per heavy atom. The highest BCUT2D eigenvalue weighted by Crippen LogP contribution is 2.29. The Balaban J connectivity index is 2.16. The molecule has 2 aromatic rings. The van der Waals surface area contributed by atoms with Gasteiger partial charge in [-0.3, -0.25) is 4.79 Å². The van der Waals surface area contributed by atoms with E-state index in [1.165, 1.54) is 12.1 Å². The lowest BCUT2D eigenvalue weighted by atomic mass is 10.1. The molecule has 0 radical (unpaired) electrons. The second-order valence-corrected chi connectivity index (χ2v) is 5.29. The van der Waals surface area contributed by atoms with Crippen molar-refractivity contribution in [3.8, 4) is 0 Å². The van der Waals surface area contributed by atoms with Gasteiger partial charge in [-0.2, -0.15) is 0 Å². The summed E-state index contributed by atoms with van der Waals surface area (Å²) >= 11 is 11.8. The van der Waals surface area contributed by atoms with Gasteiger partial charge in [0.25, 0.3) is 5.91 Å². The van der Waals surface area contributed by atoms with Gasteiger partial charge in [-0.25, -0.2) is 0 Å². The maximum absolute atomic E-state index is 12.1. The van der Waals surface area contributed by atoms with Crippen LogP contribution in [0.15, 0.2) is 28.7 Å². The number of halogens is 2. The zero-order chi connectivity index (χ0) is 14.9. The number of benzene rings is 1. The van der Waals surface area contributed by atoms with Crippen LogP contribution in [0.5, 0.6) is 0 Å². The van der Waals surface area contributed by atoms with Crippen molar-refractivity contribution < 1.29 is 9.21 Å². The fourth-order valence-electron chi connectivity index (χ4n) is 1.78. The third-order valence-electron chi connectivity index (χ3n) is 2.85. The van der Waals surface area contributed by atoms with Crippen LogP contribution in [-0.4, -0.2) is 5.91 Å². The average molecular weight is 313 g/mol. The molecule has 6 heteroatoms. The molecule has 0 aliphatic heterocycles. The minimum absolute atomic E-state index is 0.248. The van der Waals surface area contributed by atoms with Crippen LogP contribution in [-0.2, 0) is 0 Å². The van der Waals surface area contributed by atoms with Gasteiger partial charge >= 0.3 is 0 Å². The number of furan rings is 1. The first-order valence-corrected chi connectivity index (χ1v) is 6.76. The van der Waals surface area contributed by atoms with E-state index in [2.05, 4.69) is 5.32 Å². The molecule has 0 saturated heterocycles. The van der Waals surface area contributed by atoms with Crippen molar-refractivity contribution >= 4 is 34.8 Å². The van der Waals surface area contributed by atoms with E-state index in [1.807, 2.05) is 26.0 Å². The van der Waals surface area contributed by atoms with Crippen LogP contribution in [0.4, 0.5) is 5.69 Å². The summed E-state index contributed by atoms with van der Waals surface area (Å²) in [6, 6.07) is 6.38. The van der Waals surface area contributed by atoms with Crippen molar-refractivity contribution in [2.75, 3.05) is 5.73 Å². The number of anilines is 1. The molecule has 1 amide bonds. The number of carbonyl (C=O) groups excluding carboxylic acids is 1. The average Bonchev–Trinajstić information content (AvgIpc) is 2.82. The van der Waals surface area contributed by atoms with E-state index >= 15 is 0 Å². The molecule has 20 heavy (non-hydrogen) atoms. The quantitative estimate of drug-likeness (QED) is 0.843. The highest BCUT2D eigenvalue weighted by atomic mass is 35.5. The van der Waals surface area contributed by atoms with Crippen LogP contribution in [0.2, 0.25) is 10.0 Å². The van der Waals surface area contributed by atoms with Gasteiger partial charge in [0, 0.05) is 5.56 Å². The van der Waals surface area contributed by atoms with Crippen LogP contribution >= 0.6 is 23.2 Å². The summed E-state index contributed by atoms with van der Waals surface area (Å²) in [5.41, 5.74) is 6.31. The lowest BCUT2D eigenvalue weighted by Gasteiger charge is -2.12. The molecule has 1 aromatic heterocycles. The summed E-state index contributed by atoms with van der Waals surface area (Å²) in [4.78, 5) is 12.1. The molecule has 4 nitrogen and oxygen atoms in total. The summed E-state index contributed by atoms with van der Waals surface area (Å²) < 4.78 is 5.46. The van der Waals surface area contributed by atoms with E-state index < -0.39 is 0 Å². The standard InChI is InChI=1S/C14H14Cl2N2O2/c1-7-3-4-12(20-7)8(2)18-14(19)9-5-10(15)13(16)11(17)6-9/h3-6,8H,17H2,1-2H3,(H,18,19). The van der Waals surface area contributed by atoms with Crippen molar-refractivity contribution in [3.63, 3.8) is 0 Å². The molecule has 0 spiro atoms. The van der Waals surface area contributed by atoms with Gasteiger partial charge in [0.05, 0.1) is 21.8 Å². The molecule has 0 fully saturated rings. The summed E-state index contributed by atoms with van der Waals surface area (Å²) in [5.74, 6) is 1.18. The predicted molar refractivity (Wildman–Crippen MR) is 80.2 cm³/mol. The van der Waals surface area contributed by atoms with Crippen LogP contribution in [0.3, 0.4) is 0 Å². The first-order chi connectivity index (χ1) is 9.38. The fourth-order valence-corrected chi connectivity index (χ4v) is 2.11. The summed E-state index contributed by atoms with van der Waals surface area (Å²) in [6.45, 7) is 3.68. The molecule has 1 unspecified atom stereocenters. The van der Waals surface area contributed by atoms with E-state index in [9.17, 15) is 4.79 Å². The molecule has 106 valence electrons. The maximum atomic E-state index is 12.1. The van der Waals surface area contributed by atoms with E-state index in [-0.39, 0.29) is 27.7 Å². The highest BCUT2D eigenvalue weighted by molar-refractivity contribution is 6.43. The molecular formula is C14H14Cl2N2O2. The van der Waals surface area contributed by atoms with Gasteiger partial charge in [-0.1, -0.05) is 23.2 Å². The molecule has 1 heterocycles. The minimum Gasteiger partial charge on any atom is -0.464 e. The second-order valence-electron chi connectivity index (χ2n) is 4.50. The van der Waals surface area contributed by atoms with Crippen molar-refractivity contribution in [1.82, 2.24) is 5.32 Å². The van der Waals surface area contributed by atoms with Gasteiger partial charge in [-0.05, 0) is 38.1 Å². The highest BCUT2D eigenvalue weighted by Gasteiger charge is 2.16. The number of aryl methyl sites for hydroxylation is 1. The van der Waals surface area contributed by atoms with Crippen LogP contribution in [0.25, 0.3) is 0 Å². The topological polar surface area (TPSA) is 68.3 Å². The van der Waals surface area contributed by atoms with Gasteiger partial charge in [0.1, 0.15) is 11.5 Å². The molecule has 1 aromatic carbocycles. The van der Waals surface area contributed by atoms with E-state index in [0.29, 0.717) is 11.3 Å². The van der Waals surface area contributed by atoms with Crippen LogP contribution in [0.1, 0.15) is 34.8 Å². The summed E-state index contributed by atoms with van der Waals surface area (Å²) in [7, 11) is 0. The largest absolute Gasteiger partial charge is 0.464 e. The predicted octanol–water partition coefficient (Wildman–Crippen LogP) is 3.97. The number of nitrogens with two attached hydrogens (primary N) is 1. The summed E-state index contributed by atoms with van der Waals surface area (Å²) in [6.07, 6.45) is 0. The zero-order valence-corrected chi connectivity index (χ0v) is 12.5. The van der Waals surface area contributed by atoms with Crippen molar-refractivity contribution in [2.45, 2.75) is 19.9 Å². The normalized spacial score (nSPS) is 12.2. The number of carbonyl (C=O) groups is 1. The Hall–Kier alpha value is -1.65. The lowest BCUT2D eigenvalue weighted by Crippen LogP contribution is -2.26. The number of hydrogen-bond acceptors (Lipinski definition) is 3. The van der Waals surface area contributed by atoms with Crippen molar-refractivity contribution in [2.24, 2.45) is 0 Å². The Morgan fingerprint density at radius 1 is 1.35 bits per heavy atom. The van der Waals surface area contributed by atoms with E-state index in [1.54, 1.807) is 0 Å². The molecule has 0 saturated carbocycles. The lowest BCUT2D eigenvalue weighted by molar-refractivity contribution is 0.0935. The number of amides is 1. The molecule has 0 bridgehead atoms. The zero-order valence-electron chi connectivity index (χ0n) is 11.0. The second kappa shape index (κ2) is 5.77. The summed E-state index contributed by atoms with van der Waals surface area (Å²) in [5, 5.41) is 3.31. The SMILES string of the molecule is Cc1ccc(C(C)NC(=O)c2cc(N)c(Cl)c(Cl)c2)o1. The monoisotopic (exact) mass is 312 g/mol. The van der Waals surface area contributed by atoms with E-state index in [4.69, 9.17) is 33.4 Å². The smallest absolute Gasteiger partial charge is 0.251 e. The maximum Gasteiger partial charge on any atom is 0.251 e. The third kappa shape index (κ3) is 3.08. The van der Waals surface area contributed by atoms with E-state index in [0.717, 1.165) is 5.76 Å². The molecule has 2 rings (SSSR count). The first-order valence-electron chi connectivity index (χ1n) is 6.00. The molecule has 0 aliphatic rings. The molecular weight excluding hydrogens is 299 g/mol. The number of nitrogen functional groups attached to an aromatic ring is 1. The Bertz CT molecular complexity index is 629. The first kappa shape index (κ1) is 14.8. The number of hydrogen-bond donors (Lipinski definition) is 2. The van der Waals surface area contributed by atoms with Crippen molar-refractivity contribution in [1.29, 1.82) is 0 Å². The minimum atomic E-state index is -0.295. The Morgan fingerprint density at radius 3 is 2.60 bits per heavy atom. The molecule has 1 atom stereocenters. The van der Waals surface area contributed by atoms with Crippen LogP contribution < -0.4 is 11.1 Å². The van der Waals surface area contributed by atoms with Crippen molar-refractivity contribution in [3.05, 3.63) is 51.4 Å². The van der Waals surface area contributed by atoms with Crippen LogP contribution in [0, 0.1) is 6.92 Å². The Labute approximate surface area is 126 Å². The molecule has 3 N–H and O–H groups in total. The number of rotatable bonds is 3. The molecule has 0 aliphatic carbocycles. The Kier molecular flexibility index (Phi) is 4.26. The van der Waals surface area contributed by atoms with Gasteiger partial charge in [0.2, 0.25) is 0 Å². The fraction of sp³-hybridized carbons (Fsp3) is 0.214. The third-order valence-corrected chi connectivity index (χ3v) is 3.67. The van der Waals surface area contributed by atoms with Gasteiger partial charge in [-0.15, -0.1) is 0 Å².